The molecule has 2 aliphatic heterocycles. The van der Waals surface area contributed by atoms with Gasteiger partial charge in [-0.1, -0.05) is 238 Å². The number of ether oxygens (including phenoxy) is 4. The van der Waals surface area contributed by atoms with Crippen LogP contribution in [0.3, 0.4) is 0 Å². The van der Waals surface area contributed by atoms with Gasteiger partial charge in [0.25, 0.3) is 0 Å². The molecular weight excluding hydrogens is 907 g/mol. The van der Waals surface area contributed by atoms with Crippen molar-refractivity contribution in [3.63, 3.8) is 0 Å². The van der Waals surface area contributed by atoms with E-state index in [0.29, 0.717) is 6.42 Å². The molecule has 12 unspecified atom stereocenters. The number of aliphatic hydroxyl groups is 8. The summed E-state index contributed by atoms with van der Waals surface area (Å²) in [6.45, 7) is 2.82. The zero-order valence-corrected chi connectivity index (χ0v) is 45.0. The lowest BCUT2D eigenvalue weighted by Gasteiger charge is -2.46. The number of carbonyl (C=O) groups is 1. The van der Waals surface area contributed by atoms with E-state index in [1.165, 1.54) is 186 Å². The first-order valence-electron chi connectivity index (χ1n) is 29.4. The van der Waals surface area contributed by atoms with E-state index in [2.05, 4.69) is 19.2 Å². The van der Waals surface area contributed by atoms with Crippen LogP contribution in [-0.4, -0.2) is 140 Å². The molecule has 71 heavy (non-hydrogen) atoms. The molecule has 12 atom stereocenters. The largest absolute Gasteiger partial charge is 0.394 e. The lowest BCUT2D eigenvalue weighted by molar-refractivity contribution is -0.359. The highest BCUT2D eigenvalue weighted by atomic mass is 16.7. The Balaban J connectivity index is 1.74. The molecule has 420 valence electrons. The third kappa shape index (κ3) is 30.2. The van der Waals surface area contributed by atoms with Crippen molar-refractivity contribution in [1.29, 1.82) is 0 Å². The molecule has 2 aliphatic rings. The SMILES string of the molecule is CCCCCCCCCCCCCC/C=C/C(O)C(COC1OC(CO)C(OC2OC(CO)C(O)C(O)C2O)C(O)C1O)NC(=O)CCCCCCCCCCCCCCCCCCCCCCCCC. The Hall–Kier alpha value is -1.27. The molecule has 0 saturated carbocycles. The van der Waals surface area contributed by atoms with Crippen LogP contribution in [0.25, 0.3) is 0 Å². The van der Waals surface area contributed by atoms with Gasteiger partial charge in [-0.25, -0.2) is 0 Å². The second kappa shape index (κ2) is 43.9. The minimum Gasteiger partial charge on any atom is -0.394 e. The van der Waals surface area contributed by atoms with Gasteiger partial charge in [0.15, 0.2) is 12.6 Å². The van der Waals surface area contributed by atoms with Crippen LogP contribution < -0.4 is 5.32 Å². The van der Waals surface area contributed by atoms with Crippen molar-refractivity contribution in [3.8, 4) is 0 Å². The van der Waals surface area contributed by atoms with Crippen LogP contribution in [0.5, 0.6) is 0 Å². The van der Waals surface area contributed by atoms with Crippen LogP contribution in [0.15, 0.2) is 12.2 Å². The number of rotatable bonds is 47. The molecule has 2 rings (SSSR count). The molecule has 0 aromatic rings. The number of aliphatic hydroxyl groups excluding tert-OH is 8. The van der Waals surface area contributed by atoms with Gasteiger partial charge in [-0.2, -0.15) is 0 Å². The first-order chi connectivity index (χ1) is 34.6. The van der Waals surface area contributed by atoms with Crippen LogP contribution >= 0.6 is 0 Å². The Kier molecular flexibility index (Phi) is 40.7. The van der Waals surface area contributed by atoms with Gasteiger partial charge in [0.1, 0.15) is 48.8 Å². The van der Waals surface area contributed by atoms with Gasteiger partial charge in [-0.05, 0) is 19.3 Å². The van der Waals surface area contributed by atoms with Crippen molar-refractivity contribution in [2.75, 3.05) is 19.8 Å². The summed E-state index contributed by atoms with van der Waals surface area (Å²) < 4.78 is 22.8. The third-order valence-corrected chi connectivity index (χ3v) is 14.7. The number of hydrogen-bond acceptors (Lipinski definition) is 13. The second-order valence-electron chi connectivity index (χ2n) is 21.1. The lowest BCUT2D eigenvalue weighted by atomic mass is 9.97. The molecule has 0 radical (unpaired) electrons. The summed E-state index contributed by atoms with van der Waals surface area (Å²) in [7, 11) is 0. The minimum absolute atomic E-state index is 0.234. The molecule has 1 amide bonds. The van der Waals surface area contributed by atoms with E-state index in [4.69, 9.17) is 18.9 Å². The van der Waals surface area contributed by atoms with Gasteiger partial charge >= 0.3 is 0 Å². The van der Waals surface area contributed by atoms with Crippen molar-refractivity contribution >= 4 is 5.91 Å². The van der Waals surface area contributed by atoms with E-state index in [0.717, 1.165) is 38.5 Å². The van der Waals surface area contributed by atoms with Crippen molar-refractivity contribution in [2.45, 2.75) is 325 Å². The summed E-state index contributed by atoms with van der Waals surface area (Å²) in [5, 5.41) is 87.0. The monoisotopic (exact) mass is 1020 g/mol. The molecule has 0 aromatic heterocycles. The van der Waals surface area contributed by atoms with Gasteiger partial charge in [0, 0.05) is 6.42 Å². The molecule has 0 aliphatic carbocycles. The van der Waals surface area contributed by atoms with Gasteiger partial charge in [-0.15, -0.1) is 0 Å². The first kappa shape index (κ1) is 65.8. The number of carbonyl (C=O) groups excluding carboxylic acids is 1. The highest BCUT2D eigenvalue weighted by Gasteiger charge is 2.51. The Morgan fingerprint density at radius 1 is 0.493 bits per heavy atom. The van der Waals surface area contributed by atoms with E-state index < -0.39 is 86.8 Å². The maximum atomic E-state index is 13.2. The van der Waals surface area contributed by atoms with Crippen molar-refractivity contribution < 1.29 is 64.6 Å². The molecule has 9 N–H and O–H groups in total. The van der Waals surface area contributed by atoms with Crippen molar-refractivity contribution in [1.82, 2.24) is 5.32 Å². The van der Waals surface area contributed by atoms with Crippen LogP contribution in [0.2, 0.25) is 0 Å². The summed E-state index contributed by atoms with van der Waals surface area (Å²) in [5.74, 6) is -0.234. The van der Waals surface area contributed by atoms with E-state index >= 15 is 0 Å². The average molecular weight is 1020 g/mol. The smallest absolute Gasteiger partial charge is 0.220 e. The molecule has 14 heteroatoms. The number of amides is 1. The van der Waals surface area contributed by atoms with Gasteiger partial charge < -0.3 is 65.1 Å². The topological polar surface area (TPSA) is 228 Å². The van der Waals surface area contributed by atoms with E-state index in [1.807, 2.05) is 6.08 Å². The molecule has 14 nitrogen and oxygen atoms in total. The van der Waals surface area contributed by atoms with E-state index in [9.17, 15) is 45.6 Å². The third-order valence-electron chi connectivity index (χ3n) is 14.7. The zero-order valence-electron chi connectivity index (χ0n) is 45.0. The fourth-order valence-corrected chi connectivity index (χ4v) is 9.94. The quantitative estimate of drug-likeness (QED) is 0.0205. The van der Waals surface area contributed by atoms with Gasteiger partial charge in [0.2, 0.25) is 5.91 Å². The van der Waals surface area contributed by atoms with Crippen LogP contribution in [0, 0.1) is 0 Å². The van der Waals surface area contributed by atoms with E-state index in [1.54, 1.807) is 6.08 Å². The summed E-state index contributed by atoms with van der Waals surface area (Å²) >= 11 is 0. The highest BCUT2D eigenvalue weighted by Crippen LogP contribution is 2.30. The van der Waals surface area contributed by atoms with Crippen molar-refractivity contribution in [2.24, 2.45) is 0 Å². The molecule has 0 spiro atoms. The van der Waals surface area contributed by atoms with Gasteiger partial charge in [-0.3, -0.25) is 4.79 Å². The molecule has 0 aromatic carbocycles. The van der Waals surface area contributed by atoms with E-state index in [-0.39, 0.29) is 18.9 Å². The van der Waals surface area contributed by atoms with Crippen LogP contribution in [0.1, 0.15) is 251 Å². The standard InChI is InChI=1S/C57H109NO13/c1-3-5-7-9-11-13-15-17-19-20-21-22-23-24-25-26-27-29-31-33-35-37-39-41-49(62)58-45(46(61)40-38-36-34-32-30-28-18-16-14-12-10-8-6-4-2)44-68-56-54(67)52(65)55(48(43-60)70-56)71-57-53(66)51(64)50(63)47(42-59)69-57/h38,40,45-48,50-57,59-61,63-67H,3-37,39,41-44H2,1-2H3,(H,58,62)/b40-38+. The Morgan fingerprint density at radius 3 is 1.30 bits per heavy atom. The van der Waals surface area contributed by atoms with Crippen LogP contribution in [0.4, 0.5) is 0 Å². The maximum Gasteiger partial charge on any atom is 0.220 e. The number of hydrogen-bond donors (Lipinski definition) is 9. The molecule has 2 saturated heterocycles. The first-order valence-corrected chi connectivity index (χ1v) is 29.4. The lowest BCUT2D eigenvalue weighted by Crippen LogP contribution is -2.65. The molecule has 2 fully saturated rings. The fourth-order valence-electron chi connectivity index (χ4n) is 9.94. The summed E-state index contributed by atoms with van der Waals surface area (Å²) in [6, 6.07) is -0.908. The average Bonchev–Trinajstić information content (AvgIpc) is 3.37. The molecule has 2 heterocycles. The Bertz CT molecular complexity index is 1240. The van der Waals surface area contributed by atoms with Crippen molar-refractivity contribution in [3.05, 3.63) is 12.2 Å². The summed E-state index contributed by atoms with van der Waals surface area (Å²) in [6.07, 6.45) is 32.5. The number of nitrogens with one attached hydrogen (secondary N) is 1. The highest BCUT2D eigenvalue weighted by molar-refractivity contribution is 5.76. The van der Waals surface area contributed by atoms with Gasteiger partial charge in [0.05, 0.1) is 32.0 Å². The zero-order chi connectivity index (χ0) is 51.7. The summed E-state index contributed by atoms with van der Waals surface area (Å²) in [5.41, 5.74) is 0. The Labute approximate surface area is 431 Å². The fraction of sp³-hybridized carbons (Fsp3) is 0.947. The normalized spacial score (nSPS) is 25.8. The maximum absolute atomic E-state index is 13.2. The predicted molar refractivity (Wildman–Crippen MR) is 282 cm³/mol. The summed E-state index contributed by atoms with van der Waals surface area (Å²) in [4.78, 5) is 13.2. The number of unbranched alkanes of at least 4 members (excludes halogenated alkanes) is 34. The van der Waals surface area contributed by atoms with Crippen LogP contribution in [-0.2, 0) is 23.7 Å². The minimum atomic E-state index is -1.78. The predicted octanol–water partition coefficient (Wildman–Crippen LogP) is 9.50. The Morgan fingerprint density at radius 2 is 0.873 bits per heavy atom. The second-order valence-corrected chi connectivity index (χ2v) is 21.1. The molecule has 0 bridgehead atoms. The molecular formula is C57H109NO13. The number of allylic oxidation sites excluding steroid dienone is 1.